The zero-order valence-electron chi connectivity index (χ0n) is 70.1. The number of carbonyl (C=O) groups is 12. The van der Waals surface area contributed by atoms with Crippen molar-refractivity contribution >= 4 is 70.9 Å². The molecule has 35 heteroatoms. The lowest BCUT2D eigenvalue weighted by molar-refractivity contribution is -0.275. The summed E-state index contributed by atoms with van der Waals surface area (Å²) in [4.78, 5) is 153. The molecule has 0 bridgehead atoms. The highest BCUT2D eigenvalue weighted by atomic mass is 16.7. The van der Waals surface area contributed by atoms with Gasteiger partial charge in [-0.25, -0.2) is 0 Å². The van der Waals surface area contributed by atoms with E-state index < -0.39 is 121 Å². The Bertz CT molecular complexity index is 2970. The van der Waals surface area contributed by atoms with Crippen LogP contribution in [0.2, 0.25) is 0 Å². The Morgan fingerprint density at radius 1 is 0.377 bits per heavy atom. The molecule has 4 saturated heterocycles. The number of amides is 6. The van der Waals surface area contributed by atoms with Crippen LogP contribution in [0.15, 0.2) is 0 Å². The van der Waals surface area contributed by atoms with Crippen LogP contribution in [-0.2, 0) is 133 Å². The average Bonchev–Trinajstić information content (AvgIpc) is 0.821. The monoisotopic (exact) mass is 1630 g/mol. The van der Waals surface area contributed by atoms with Crippen molar-refractivity contribution in [3.8, 4) is 0 Å². The molecule has 0 radical (unpaired) electrons. The minimum absolute atomic E-state index is 0.00217. The van der Waals surface area contributed by atoms with Gasteiger partial charge in [-0.3, -0.25) is 57.5 Å². The van der Waals surface area contributed by atoms with E-state index in [9.17, 15) is 57.5 Å². The summed E-state index contributed by atoms with van der Waals surface area (Å²) in [5, 5.41) is 16.8. The lowest BCUT2D eigenvalue weighted by atomic mass is 9.79. The Labute approximate surface area is 672 Å². The van der Waals surface area contributed by atoms with Crippen LogP contribution in [-0.4, -0.2) is 269 Å². The van der Waals surface area contributed by atoms with Crippen LogP contribution in [0, 0.1) is 53.3 Å². The maximum absolute atomic E-state index is 14.0. The van der Waals surface area contributed by atoms with E-state index in [1.807, 2.05) is 48.5 Å². The van der Waals surface area contributed by atoms with E-state index in [-0.39, 0.29) is 259 Å². The van der Waals surface area contributed by atoms with Crippen LogP contribution >= 0.6 is 0 Å². The van der Waals surface area contributed by atoms with Gasteiger partial charge in [0, 0.05) is 118 Å². The number of ether oxygens (including phenoxy) is 16. The average molecular weight is 1630 g/mol. The molecule has 6 amide bonds. The third-order valence-electron chi connectivity index (χ3n) is 21.8. The molecule has 4 fully saturated rings. The molecule has 0 aromatic heterocycles. The van der Waals surface area contributed by atoms with Crippen molar-refractivity contribution < 1.29 is 133 Å². The second-order valence-corrected chi connectivity index (χ2v) is 30.4. The van der Waals surface area contributed by atoms with Gasteiger partial charge in [-0.05, 0) is 74.0 Å². The molecule has 0 aromatic rings. The second-order valence-electron chi connectivity index (χ2n) is 30.4. The van der Waals surface area contributed by atoms with Crippen LogP contribution in [0.1, 0.15) is 181 Å². The fourth-order valence-electron chi connectivity index (χ4n) is 14.0. The third-order valence-corrected chi connectivity index (χ3v) is 21.8. The number of esters is 4. The number of Topliss-reactive ketones (excluding diaryl/α,β-unsaturated/α-hetero) is 2. The predicted molar refractivity (Wildman–Crippen MR) is 409 cm³/mol. The minimum atomic E-state index is -1.35. The molecular weight excluding hydrogens is 1490 g/mol. The van der Waals surface area contributed by atoms with Crippen LogP contribution in [0.5, 0.6) is 0 Å². The van der Waals surface area contributed by atoms with Gasteiger partial charge in [0.05, 0.1) is 109 Å². The van der Waals surface area contributed by atoms with E-state index in [1.54, 1.807) is 0 Å². The zero-order valence-corrected chi connectivity index (χ0v) is 70.1. The summed E-state index contributed by atoms with van der Waals surface area (Å²) < 4.78 is 93.0. The first-order chi connectivity index (χ1) is 54.1. The number of ketones is 2. The van der Waals surface area contributed by atoms with E-state index in [0.717, 1.165) is 6.42 Å². The van der Waals surface area contributed by atoms with Crippen LogP contribution < -0.4 is 37.6 Å². The van der Waals surface area contributed by atoms with E-state index in [0.29, 0.717) is 6.42 Å². The van der Waals surface area contributed by atoms with Crippen molar-refractivity contribution in [2.75, 3.05) is 112 Å². The van der Waals surface area contributed by atoms with Gasteiger partial charge in [0.2, 0.25) is 35.4 Å². The number of hydrogen-bond acceptors (Lipinski definition) is 29. The highest BCUT2D eigenvalue weighted by molar-refractivity contribution is 5.92. The first-order valence-corrected chi connectivity index (χ1v) is 40.6. The summed E-state index contributed by atoms with van der Waals surface area (Å²) in [6.45, 7) is 29.5. The van der Waals surface area contributed by atoms with Gasteiger partial charge in [0.25, 0.3) is 0 Å². The van der Waals surface area contributed by atoms with Gasteiger partial charge in [-0.2, -0.15) is 0 Å². The molecule has 0 aliphatic carbocycles. The van der Waals surface area contributed by atoms with Gasteiger partial charge in [-0.1, -0.05) is 69.2 Å². The second kappa shape index (κ2) is 53.8. The molecule has 35 nitrogen and oxygen atoms in total. The maximum atomic E-state index is 14.0. The molecule has 654 valence electrons. The maximum Gasteiger partial charge on any atom is 0.303 e. The fourth-order valence-corrected chi connectivity index (χ4v) is 14.0. The fraction of sp³-hybridized carbons (Fsp3) is 0.848. The Morgan fingerprint density at radius 3 is 1.30 bits per heavy atom. The smallest absolute Gasteiger partial charge is 0.303 e. The summed E-state index contributed by atoms with van der Waals surface area (Å²) >= 11 is 0. The van der Waals surface area contributed by atoms with Crippen molar-refractivity contribution in [1.29, 1.82) is 0 Å². The van der Waals surface area contributed by atoms with E-state index in [1.165, 1.54) is 41.5 Å². The van der Waals surface area contributed by atoms with Crippen molar-refractivity contribution in [3.63, 3.8) is 0 Å². The SMILES string of the molecule is CC[C@H]1OC(OCCOCCNC(=O)CC[C@@H](NC(=O)CC[C@@H](N)C(=O)N[C@H](CCC(=O)CCCOCCOC2O[C@H](COC(C)=O)[C@H](OC(C)=O)[C@H](C)[C@H]2C)C(=O)NCCOCCOC2O[C@H](COC(C)=O)[C@H](C)[C@H](C)[C@H]2C)C(=O)CCCOCCOC2O[C@H](COC(C)=O)[C@H](C)[C@H](C)[C@H]2NC(C)=O)[C@H](NC(C)=O)[C@@H](C)[C@H]1C. The summed E-state index contributed by atoms with van der Waals surface area (Å²) in [6, 6.07) is -4.63. The molecular formula is C79H135N7O28. The molecule has 0 saturated carbocycles. The van der Waals surface area contributed by atoms with E-state index >= 15 is 0 Å². The zero-order chi connectivity index (χ0) is 84.6. The highest BCUT2D eigenvalue weighted by Crippen LogP contribution is 2.38. The van der Waals surface area contributed by atoms with E-state index in [4.69, 9.17) is 81.5 Å². The molecule has 4 aliphatic rings. The molecule has 4 aliphatic heterocycles. The lowest BCUT2D eigenvalue weighted by Gasteiger charge is -2.44. The highest BCUT2D eigenvalue weighted by Gasteiger charge is 2.47. The normalized spacial score (nSPS) is 28.3. The molecule has 114 heavy (non-hydrogen) atoms. The van der Waals surface area contributed by atoms with Crippen molar-refractivity contribution in [3.05, 3.63) is 0 Å². The first-order valence-electron chi connectivity index (χ1n) is 40.6. The molecule has 4 heterocycles. The molecule has 23 atom stereocenters. The van der Waals surface area contributed by atoms with Gasteiger partial charge in [-0.15, -0.1) is 0 Å². The van der Waals surface area contributed by atoms with Crippen LogP contribution in [0.25, 0.3) is 0 Å². The summed E-state index contributed by atoms with van der Waals surface area (Å²) in [6.07, 6.45) is -5.01. The Balaban J connectivity index is 1.35. The van der Waals surface area contributed by atoms with Gasteiger partial charge < -0.3 is 113 Å². The van der Waals surface area contributed by atoms with Gasteiger partial charge in [0.1, 0.15) is 43.9 Å². The third kappa shape index (κ3) is 36.6. The lowest BCUT2D eigenvalue weighted by Crippen LogP contribution is -2.58. The number of nitrogens with one attached hydrogen (secondary N) is 6. The first kappa shape index (κ1) is 99.9. The molecule has 4 unspecified atom stereocenters. The van der Waals surface area contributed by atoms with Crippen LogP contribution in [0.4, 0.5) is 0 Å². The number of rotatable bonds is 54. The van der Waals surface area contributed by atoms with Gasteiger partial charge >= 0.3 is 23.9 Å². The molecule has 8 N–H and O–H groups in total. The van der Waals surface area contributed by atoms with E-state index in [2.05, 4.69) is 52.7 Å². The summed E-state index contributed by atoms with van der Waals surface area (Å²) in [5.74, 6) is -5.53. The van der Waals surface area contributed by atoms with Crippen molar-refractivity contribution in [2.24, 2.45) is 59.0 Å². The number of hydrogen-bond donors (Lipinski definition) is 7. The standard InChI is InChI=1S/C79H135N7O28/c1-17-65-47(4)49(6)71(83-54(11)87)78(111-65)105-41-37-101-32-28-81-69(95)27-25-62(64(94)21-19-31-100-35-40-106-79-72(84-55(12)88)50(7)48(5)67(113-79)43-108-57(14)90)85-70(96)26-23-61(80)74(97)86-63(75(98)82-29-33-102-36-39-103-76-52(9)45(2)46(3)66(112-76)42-107-56(13)89)24-22-60(93)20-18-30-99-34-38-104-77-53(10)51(8)73(110-59(16)92)68(114-77)44-109-58(15)91/h45-53,61-63,65-68,71-73,76-79H,17-44,80H2,1-16H3,(H,81,95)(H,82,98)(H,83,87)(H,84,88)(H,85,96)(H,86,97)/t45-,46+,47+,48+,49-,50-,51+,52+,53+,61+,62+,63+,65+,66+,67+,68+,71+,72+,73+,76?,77?,78?,79?/m0/s1. The van der Waals surface area contributed by atoms with Crippen LogP contribution in [0.3, 0.4) is 0 Å². The molecule has 0 aromatic carbocycles. The summed E-state index contributed by atoms with van der Waals surface area (Å²) in [5.41, 5.74) is 6.41. The van der Waals surface area contributed by atoms with Gasteiger partial charge in [0.15, 0.2) is 30.9 Å². The quantitative estimate of drug-likeness (QED) is 0.0261. The largest absolute Gasteiger partial charge is 0.463 e. The topological polar surface area (TPSA) is 451 Å². The Kier molecular flexibility index (Phi) is 47.1. The summed E-state index contributed by atoms with van der Waals surface area (Å²) in [7, 11) is 0. The number of carbonyl (C=O) groups excluding carboxylic acids is 12. The number of nitrogens with two attached hydrogens (primary N) is 1. The van der Waals surface area contributed by atoms with Crippen molar-refractivity contribution in [1.82, 2.24) is 31.9 Å². The molecule has 4 rings (SSSR count). The minimum Gasteiger partial charge on any atom is -0.463 e. The Hall–Kier alpha value is -6.48. The predicted octanol–water partition coefficient (Wildman–Crippen LogP) is 3.35. The van der Waals surface area contributed by atoms with Crippen molar-refractivity contribution in [2.45, 2.75) is 267 Å². The molecule has 0 spiro atoms. The Morgan fingerprint density at radius 2 is 0.798 bits per heavy atom.